The van der Waals surface area contributed by atoms with Gasteiger partial charge in [0.15, 0.2) is 0 Å². The molecule has 0 aliphatic heterocycles. The predicted octanol–water partition coefficient (Wildman–Crippen LogP) is 2.22. The van der Waals surface area contributed by atoms with Crippen LogP contribution in [0, 0.1) is 0 Å². The summed E-state index contributed by atoms with van der Waals surface area (Å²) in [6, 6.07) is 10.5. The van der Waals surface area contributed by atoms with Crippen LogP contribution in [-0.2, 0) is 6.54 Å². The molecule has 2 rings (SSSR count). The first-order chi connectivity index (χ1) is 8.29. The van der Waals surface area contributed by atoms with Gasteiger partial charge in [0.05, 0.1) is 19.9 Å². The van der Waals surface area contributed by atoms with E-state index in [2.05, 4.69) is 5.32 Å². The summed E-state index contributed by atoms with van der Waals surface area (Å²) >= 11 is 0. The number of nitrogens with one attached hydrogen (secondary N) is 1. The molecule has 0 bridgehead atoms. The maximum atomic E-state index is 11.7. The van der Waals surface area contributed by atoms with Crippen LogP contribution in [0.4, 0.5) is 0 Å². The lowest BCUT2D eigenvalue weighted by molar-refractivity contribution is 0.0948. The molecule has 17 heavy (non-hydrogen) atoms. The zero-order valence-corrected chi connectivity index (χ0v) is 9.47. The van der Waals surface area contributed by atoms with E-state index in [1.54, 1.807) is 43.7 Å². The summed E-state index contributed by atoms with van der Waals surface area (Å²) in [7, 11) is 1.59. The molecule has 0 aliphatic rings. The molecule has 1 aromatic carbocycles. The Hall–Kier alpha value is -2.23. The van der Waals surface area contributed by atoms with E-state index in [1.165, 1.54) is 0 Å². The maximum Gasteiger partial charge on any atom is 0.251 e. The van der Waals surface area contributed by atoms with Gasteiger partial charge in [0, 0.05) is 5.56 Å². The molecule has 4 nitrogen and oxygen atoms in total. The van der Waals surface area contributed by atoms with Crippen LogP contribution in [0.3, 0.4) is 0 Å². The molecular formula is C13H13NO3. The molecule has 0 atom stereocenters. The zero-order valence-electron chi connectivity index (χ0n) is 9.47. The molecular weight excluding hydrogens is 218 g/mol. The third-order valence-corrected chi connectivity index (χ3v) is 2.36. The van der Waals surface area contributed by atoms with Crippen molar-refractivity contribution < 1.29 is 13.9 Å². The highest BCUT2D eigenvalue weighted by Gasteiger charge is 2.05. The Morgan fingerprint density at radius 1 is 1.29 bits per heavy atom. The van der Waals surface area contributed by atoms with Crippen molar-refractivity contribution in [2.75, 3.05) is 7.11 Å². The molecule has 0 radical (unpaired) electrons. The molecule has 0 unspecified atom stereocenters. The lowest BCUT2D eigenvalue weighted by Gasteiger charge is -2.04. The van der Waals surface area contributed by atoms with Gasteiger partial charge >= 0.3 is 0 Å². The summed E-state index contributed by atoms with van der Waals surface area (Å²) in [6.07, 6.45) is 1.58. The predicted molar refractivity (Wildman–Crippen MR) is 62.9 cm³/mol. The average Bonchev–Trinajstić information content (AvgIpc) is 2.89. The first kappa shape index (κ1) is 11.3. The van der Waals surface area contributed by atoms with Crippen molar-refractivity contribution in [3.05, 3.63) is 54.0 Å². The largest absolute Gasteiger partial charge is 0.497 e. The summed E-state index contributed by atoms with van der Waals surface area (Å²) in [5, 5.41) is 2.77. The Morgan fingerprint density at radius 2 is 2.06 bits per heavy atom. The third-order valence-electron chi connectivity index (χ3n) is 2.36. The lowest BCUT2D eigenvalue weighted by Crippen LogP contribution is -2.22. The maximum absolute atomic E-state index is 11.7. The van der Waals surface area contributed by atoms with E-state index in [9.17, 15) is 4.79 Å². The summed E-state index contributed by atoms with van der Waals surface area (Å²) in [5.41, 5.74) is 0.595. The van der Waals surface area contributed by atoms with Gasteiger partial charge in [-0.25, -0.2) is 0 Å². The van der Waals surface area contributed by atoms with Crippen LogP contribution in [0.5, 0.6) is 5.75 Å². The van der Waals surface area contributed by atoms with Gasteiger partial charge in [-0.3, -0.25) is 4.79 Å². The summed E-state index contributed by atoms with van der Waals surface area (Å²) in [5.74, 6) is 1.32. The number of amides is 1. The Kier molecular flexibility index (Phi) is 3.45. The van der Waals surface area contributed by atoms with E-state index in [0.717, 1.165) is 11.5 Å². The van der Waals surface area contributed by atoms with E-state index in [1.807, 2.05) is 6.07 Å². The molecule has 4 heteroatoms. The number of methoxy groups -OCH3 is 1. The highest BCUT2D eigenvalue weighted by atomic mass is 16.5. The molecule has 1 heterocycles. The van der Waals surface area contributed by atoms with Crippen molar-refractivity contribution in [3.8, 4) is 5.75 Å². The molecule has 0 saturated heterocycles. The van der Waals surface area contributed by atoms with Crippen molar-refractivity contribution in [2.45, 2.75) is 6.54 Å². The number of benzene rings is 1. The number of hydrogen-bond donors (Lipinski definition) is 1. The molecule has 1 amide bonds. The summed E-state index contributed by atoms with van der Waals surface area (Å²) in [6.45, 7) is 0.387. The second-order valence-corrected chi connectivity index (χ2v) is 3.49. The van der Waals surface area contributed by atoms with Gasteiger partial charge in [-0.1, -0.05) is 0 Å². The van der Waals surface area contributed by atoms with Crippen molar-refractivity contribution in [1.29, 1.82) is 0 Å². The monoisotopic (exact) mass is 231 g/mol. The second-order valence-electron chi connectivity index (χ2n) is 3.49. The van der Waals surface area contributed by atoms with Crippen LogP contribution in [0.2, 0.25) is 0 Å². The Balaban J connectivity index is 1.95. The minimum Gasteiger partial charge on any atom is -0.497 e. The fourth-order valence-corrected chi connectivity index (χ4v) is 1.43. The fourth-order valence-electron chi connectivity index (χ4n) is 1.43. The van der Waals surface area contributed by atoms with Gasteiger partial charge in [-0.15, -0.1) is 0 Å². The van der Waals surface area contributed by atoms with Crippen LogP contribution >= 0.6 is 0 Å². The molecule has 2 aromatic rings. The van der Waals surface area contributed by atoms with Gasteiger partial charge in [-0.2, -0.15) is 0 Å². The number of hydrogen-bond acceptors (Lipinski definition) is 3. The van der Waals surface area contributed by atoms with Crippen molar-refractivity contribution >= 4 is 5.91 Å². The molecule has 0 aliphatic carbocycles. The van der Waals surface area contributed by atoms with Crippen LogP contribution in [0.25, 0.3) is 0 Å². The molecule has 1 N–H and O–H groups in total. The van der Waals surface area contributed by atoms with Crippen molar-refractivity contribution in [3.63, 3.8) is 0 Å². The smallest absolute Gasteiger partial charge is 0.251 e. The Labute approximate surface area is 99.2 Å². The fraction of sp³-hybridized carbons (Fsp3) is 0.154. The molecule has 0 saturated carbocycles. The molecule has 88 valence electrons. The quantitative estimate of drug-likeness (QED) is 0.877. The Morgan fingerprint density at radius 3 is 2.65 bits per heavy atom. The van der Waals surface area contributed by atoms with Gasteiger partial charge in [0.2, 0.25) is 0 Å². The SMILES string of the molecule is COc1ccc(C(=O)NCc2ccco2)cc1. The van der Waals surface area contributed by atoms with E-state index in [-0.39, 0.29) is 5.91 Å². The zero-order chi connectivity index (χ0) is 12.1. The van der Waals surface area contributed by atoms with Crippen LogP contribution < -0.4 is 10.1 Å². The van der Waals surface area contributed by atoms with Crippen LogP contribution in [0.1, 0.15) is 16.1 Å². The normalized spacial score (nSPS) is 9.94. The highest BCUT2D eigenvalue weighted by Crippen LogP contribution is 2.11. The van der Waals surface area contributed by atoms with E-state index in [0.29, 0.717) is 12.1 Å². The van der Waals surface area contributed by atoms with E-state index < -0.39 is 0 Å². The van der Waals surface area contributed by atoms with Gasteiger partial charge in [0.1, 0.15) is 11.5 Å². The molecule has 0 spiro atoms. The first-order valence-corrected chi connectivity index (χ1v) is 5.24. The average molecular weight is 231 g/mol. The molecule has 1 aromatic heterocycles. The standard InChI is InChI=1S/C13H13NO3/c1-16-11-6-4-10(5-7-11)13(15)14-9-12-3-2-8-17-12/h2-8H,9H2,1H3,(H,14,15). The second kappa shape index (κ2) is 5.21. The summed E-state index contributed by atoms with van der Waals surface area (Å²) < 4.78 is 10.1. The minimum atomic E-state index is -0.135. The van der Waals surface area contributed by atoms with E-state index >= 15 is 0 Å². The van der Waals surface area contributed by atoms with E-state index in [4.69, 9.17) is 9.15 Å². The van der Waals surface area contributed by atoms with Crippen LogP contribution in [0.15, 0.2) is 47.1 Å². The molecule has 0 fully saturated rings. The first-order valence-electron chi connectivity index (χ1n) is 5.24. The van der Waals surface area contributed by atoms with Crippen LogP contribution in [-0.4, -0.2) is 13.0 Å². The number of carbonyl (C=O) groups is 1. The van der Waals surface area contributed by atoms with Crippen molar-refractivity contribution in [1.82, 2.24) is 5.32 Å². The number of ether oxygens (including phenoxy) is 1. The number of rotatable bonds is 4. The van der Waals surface area contributed by atoms with Gasteiger partial charge < -0.3 is 14.5 Å². The van der Waals surface area contributed by atoms with Crippen molar-refractivity contribution in [2.24, 2.45) is 0 Å². The minimum absolute atomic E-state index is 0.135. The number of furan rings is 1. The topological polar surface area (TPSA) is 51.5 Å². The Bertz CT molecular complexity index is 474. The summed E-state index contributed by atoms with van der Waals surface area (Å²) in [4.78, 5) is 11.7. The highest BCUT2D eigenvalue weighted by molar-refractivity contribution is 5.94. The van der Waals surface area contributed by atoms with Gasteiger partial charge in [-0.05, 0) is 36.4 Å². The number of carbonyl (C=O) groups excluding carboxylic acids is 1. The lowest BCUT2D eigenvalue weighted by atomic mass is 10.2. The van der Waals surface area contributed by atoms with Gasteiger partial charge in [0.25, 0.3) is 5.91 Å². The third kappa shape index (κ3) is 2.87.